The Kier molecular flexibility index (Phi) is 9.93. The average molecular weight is 529 g/mol. The van der Waals surface area contributed by atoms with Crippen LogP contribution in [0.1, 0.15) is 43.9 Å². The number of rotatable bonds is 10. The van der Waals surface area contributed by atoms with Crippen molar-refractivity contribution in [1.82, 2.24) is 10.2 Å². The van der Waals surface area contributed by atoms with Crippen molar-refractivity contribution in [2.75, 3.05) is 37.5 Å². The van der Waals surface area contributed by atoms with Crippen molar-refractivity contribution in [2.24, 2.45) is 0 Å². The molecular weight excluding hydrogens is 496 g/mol. The second-order valence-electron chi connectivity index (χ2n) is 8.68. The highest BCUT2D eigenvalue weighted by atomic mass is 35.5. The molecule has 0 saturated heterocycles. The number of nitrogens with one attached hydrogen (secondary N) is 3. The molecule has 37 heavy (non-hydrogen) atoms. The van der Waals surface area contributed by atoms with E-state index >= 15 is 0 Å². The van der Waals surface area contributed by atoms with Crippen molar-refractivity contribution in [3.05, 3.63) is 69.9 Å². The standard InChI is InChI=1S/C27H33ClN4O5/c1-5-6-12-32-18(3)23(25(33)37-14-13-36-4)24(31-27(32)35)19-8-7-9-20(15-19)29-26(34)30-21-11-10-17(2)22(28)16-21/h7-11,15-16,24H,5-6,12-14H2,1-4H3,(H,31,35)(H2,29,30,34). The van der Waals surface area contributed by atoms with Crippen LogP contribution in [-0.4, -0.2) is 49.8 Å². The molecule has 0 fully saturated rings. The SMILES string of the molecule is CCCCN1C(=O)NC(c2cccc(NC(=O)Nc3ccc(C)c(Cl)c3)c2)C(C(=O)OCCOC)=C1C. The summed E-state index contributed by atoms with van der Waals surface area (Å²) in [7, 11) is 1.52. The second kappa shape index (κ2) is 13.1. The molecule has 10 heteroatoms. The number of ether oxygens (including phenoxy) is 2. The van der Waals surface area contributed by atoms with Gasteiger partial charge in [0.05, 0.1) is 18.2 Å². The molecule has 3 rings (SSSR count). The van der Waals surface area contributed by atoms with Crippen molar-refractivity contribution in [3.63, 3.8) is 0 Å². The van der Waals surface area contributed by atoms with Crippen molar-refractivity contribution in [2.45, 2.75) is 39.7 Å². The van der Waals surface area contributed by atoms with Gasteiger partial charge in [0.1, 0.15) is 6.61 Å². The van der Waals surface area contributed by atoms with Crippen LogP contribution in [0.3, 0.4) is 0 Å². The molecule has 4 amide bonds. The second-order valence-corrected chi connectivity index (χ2v) is 9.09. The Morgan fingerprint density at radius 3 is 2.49 bits per heavy atom. The van der Waals surface area contributed by atoms with Gasteiger partial charge in [0, 0.05) is 35.7 Å². The lowest BCUT2D eigenvalue weighted by molar-refractivity contribution is -0.140. The Bertz CT molecular complexity index is 1180. The van der Waals surface area contributed by atoms with E-state index in [0.717, 1.165) is 18.4 Å². The van der Waals surface area contributed by atoms with Gasteiger partial charge in [0.15, 0.2) is 0 Å². The summed E-state index contributed by atoms with van der Waals surface area (Å²) in [6, 6.07) is 10.7. The lowest BCUT2D eigenvalue weighted by Gasteiger charge is -2.35. The number of amides is 4. The fourth-order valence-electron chi connectivity index (χ4n) is 3.94. The fraction of sp³-hybridized carbons (Fsp3) is 0.370. The highest BCUT2D eigenvalue weighted by molar-refractivity contribution is 6.31. The number of aryl methyl sites for hydroxylation is 1. The number of urea groups is 2. The number of carbonyl (C=O) groups excluding carboxylic acids is 3. The molecule has 2 aromatic carbocycles. The molecule has 0 bridgehead atoms. The normalized spacial score (nSPS) is 15.3. The van der Waals surface area contributed by atoms with Crippen LogP contribution >= 0.6 is 11.6 Å². The van der Waals surface area contributed by atoms with E-state index in [1.807, 2.05) is 19.9 Å². The third-order valence-electron chi connectivity index (χ3n) is 5.98. The first-order valence-corrected chi connectivity index (χ1v) is 12.5. The first-order chi connectivity index (χ1) is 17.7. The highest BCUT2D eigenvalue weighted by Gasteiger charge is 2.36. The topological polar surface area (TPSA) is 109 Å². The van der Waals surface area contributed by atoms with Gasteiger partial charge >= 0.3 is 18.0 Å². The minimum Gasteiger partial charge on any atom is -0.460 e. The maximum atomic E-state index is 13.1. The molecule has 2 aromatic rings. The van der Waals surface area contributed by atoms with Crippen molar-refractivity contribution in [1.29, 1.82) is 0 Å². The smallest absolute Gasteiger partial charge is 0.338 e. The van der Waals surface area contributed by atoms with E-state index in [9.17, 15) is 14.4 Å². The molecule has 1 aliphatic heterocycles. The van der Waals surface area contributed by atoms with Crippen LogP contribution in [0.15, 0.2) is 53.7 Å². The number of allylic oxidation sites excluding steroid dienone is 1. The molecule has 3 N–H and O–H groups in total. The zero-order valence-electron chi connectivity index (χ0n) is 21.5. The number of nitrogens with zero attached hydrogens (tertiary/aromatic N) is 1. The van der Waals surface area contributed by atoms with Crippen LogP contribution in [0.25, 0.3) is 0 Å². The van der Waals surface area contributed by atoms with Gasteiger partial charge < -0.3 is 25.4 Å². The maximum Gasteiger partial charge on any atom is 0.338 e. The van der Waals surface area contributed by atoms with E-state index in [2.05, 4.69) is 16.0 Å². The number of esters is 1. The fourth-order valence-corrected chi connectivity index (χ4v) is 4.12. The molecule has 198 valence electrons. The summed E-state index contributed by atoms with van der Waals surface area (Å²) in [6.07, 6.45) is 1.70. The van der Waals surface area contributed by atoms with Gasteiger partial charge in [0.25, 0.3) is 0 Å². The number of methoxy groups -OCH3 is 1. The maximum absolute atomic E-state index is 13.1. The average Bonchev–Trinajstić information content (AvgIpc) is 2.86. The number of unbranched alkanes of at least 4 members (excludes halogenated alkanes) is 1. The van der Waals surface area contributed by atoms with E-state index in [4.69, 9.17) is 21.1 Å². The Morgan fingerprint density at radius 1 is 1.08 bits per heavy atom. The van der Waals surface area contributed by atoms with Crippen molar-refractivity contribution in [3.8, 4) is 0 Å². The van der Waals surface area contributed by atoms with Gasteiger partial charge in [-0.05, 0) is 55.7 Å². The van der Waals surface area contributed by atoms with Crippen LogP contribution in [0, 0.1) is 6.92 Å². The zero-order chi connectivity index (χ0) is 26.9. The minimum absolute atomic E-state index is 0.0898. The summed E-state index contributed by atoms with van der Waals surface area (Å²) in [5.41, 5.74) is 3.44. The molecule has 1 unspecified atom stereocenters. The van der Waals surface area contributed by atoms with Gasteiger partial charge in [-0.25, -0.2) is 14.4 Å². The lowest BCUT2D eigenvalue weighted by atomic mass is 9.94. The number of hydrogen-bond acceptors (Lipinski definition) is 5. The molecule has 1 atom stereocenters. The third-order valence-corrected chi connectivity index (χ3v) is 6.39. The largest absolute Gasteiger partial charge is 0.460 e. The molecule has 0 aliphatic carbocycles. The molecule has 0 radical (unpaired) electrons. The Morgan fingerprint density at radius 2 is 1.81 bits per heavy atom. The molecule has 1 heterocycles. The van der Waals surface area contributed by atoms with Gasteiger partial charge in [-0.2, -0.15) is 0 Å². The van der Waals surface area contributed by atoms with Crippen LogP contribution in [0.5, 0.6) is 0 Å². The van der Waals surface area contributed by atoms with Gasteiger partial charge in [0.2, 0.25) is 0 Å². The van der Waals surface area contributed by atoms with Crippen LogP contribution in [0.2, 0.25) is 5.02 Å². The van der Waals surface area contributed by atoms with E-state index in [1.54, 1.807) is 48.2 Å². The predicted octanol–water partition coefficient (Wildman–Crippen LogP) is 5.62. The summed E-state index contributed by atoms with van der Waals surface area (Å²) in [4.78, 5) is 40.2. The summed E-state index contributed by atoms with van der Waals surface area (Å²) in [5.74, 6) is -0.534. The summed E-state index contributed by atoms with van der Waals surface area (Å²) < 4.78 is 10.4. The molecular formula is C27H33ClN4O5. The monoisotopic (exact) mass is 528 g/mol. The van der Waals surface area contributed by atoms with Crippen LogP contribution in [-0.2, 0) is 14.3 Å². The lowest BCUT2D eigenvalue weighted by Crippen LogP contribution is -2.48. The van der Waals surface area contributed by atoms with Gasteiger partial charge in [-0.15, -0.1) is 0 Å². The first kappa shape index (κ1) is 28.0. The number of benzene rings is 2. The first-order valence-electron chi connectivity index (χ1n) is 12.1. The molecule has 0 aromatic heterocycles. The molecule has 0 spiro atoms. The van der Waals surface area contributed by atoms with Gasteiger partial charge in [-0.3, -0.25) is 4.90 Å². The summed E-state index contributed by atoms with van der Waals surface area (Å²) in [5, 5.41) is 9.01. The van der Waals surface area contributed by atoms with E-state index in [-0.39, 0.29) is 19.2 Å². The van der Waals surface area contributed by atoms with Crippen molar-refractivity contribution < 1.29 is 23.9 Å². The number of carbonyl (C=O) groups is 3. The van der Waals surface area contributed by atoms with E-state index in [0.29, 0.717) is 39.8 Å². The zero-order valence-corrected chi connectivity index (χ0v) is 22.3. The summed E-state index contributed by atoms with van der Waals surface area (Å²) in [6.45, 7) is 6.49. The van der Waals surface area contributed by atoms with Crippen LogP contribution < -0.4 is 16.0 Å². The molecule has 1 aliphatic rings. The summed E-state index contributed by atoms with van der Waals surface area (Å²) >= 11 is 6.15. The molecule has 0 saturated carbocycles. The van der Waals surface area contributed by atoms with Crippen LogP contribution in [0.4, 0.5) is 21.0 Å². The minimum atomic E-state index is -0.749. The highest BCUT2D eigenvalue weighted by Crippen LogP contribution is 2.32. The Hall–Kier alpha value is -3.56. The Balaban J connectivity index is 1.85. The molecule has 9 nitrogen and oxygen atoms in total. The predicted molar refractivity (Wildman–Crippen MR) is 144 cm³/mol. The quantitative estimate of drug-likeness (QED) is 0.274. The van der Waals surface area contributed by atoms with Crippen molar-refractivity contribution >= 4 is 41.0 Å². The number of halogens is 1. The Labute approximate surface area is 222 Å². The number of anilines is 2. The van der Waals surface area contributed by atoms with Gasteiger partial charge in [-0.1, -0.05) is 43.1 Å². The number of hydrogen-bond donors (Lipinski definition) is 3. The third kappa shape index (κ3) is 7.24. The van der Waals surface area contributed by atoms with E-state index < -0.39 is 18.0 Å². The van der Waals surface area contributed by atoms with E-state index in [1.165, 1.54) is 7.11 Å².